The minimum absolute atomic E-state index is 0.0933. The van der Waals surface area contributed by atoms with Crippen LogP contribution >= 0.6 is 23.2 Å². The van der Waals surface area contributed by atoms with E-state index < -0.39 is 0 Å². The number of halogens is 2. The Balaban J connectivity index is 2.32. The molecule has 0 aliphatic rings. The van der Waals surface area contributed by atoms with Crippen molar-refractivity contribution < 1.29 is 0 Å². The van der Waals surface area contributed by atoms with E-state index in [1.54, 1.807) is 0 Å². The molecule has 0 atom stereocenters. The van der Waals surface area contributed by atoms with E-state index in [2.05, 4.69) is 16.3 Å². The molecule has 0 aliphatic carbocycles. The molecule has 5 heteroatoms. The molecule has 23 heavy (non-hydrogen) atoms. The van der Waals surface area contributed by atoms with Gasteiger partial charge in [-0.2, -0.15) is 5.11 Å². The Morgan fingerprint density at radius 3 is 1.96 bits per heavy atom. The van der Waals surface area contributed by atoms with Gasteiger partial charge in [-0.25, -0.2) is 0 Å². The zero-order valence-electron chi connectivity index (χ0n) is 13.6. The highest BCUT2D eigenvalue weighted by Crippen LogP contribution is 2.29. The van der Waals surface area contributed by atoms with Crippen LogP contribution in [0.2, 0.25) is 0 Å². The van der Waals surface area contributed by atoms with Crippen LogP contribution in [0, 0.1) is 13.8 Å². The molecule has 0 saturated heterocycles. The fourth-order valence-electron chi connectivity index (χ4n) is 2.24. The second-order valence-electron chi connectivity index (χ2n) is 5.60. The van der Waals surface area contributed by atoms with Crippen molar-refractivity contribution >= 4 is 40.3 Å². The van der Waals surface area contributed by atoms with Gasteiger partial charge in [-0.3, -0.25) is 0 Å². The van der Waals surface area contributed by atoms with E-state index in [1.807, 2.05) is 69.2 Å². The van der Waals surface area contributed by atoms with Crippen molar-refractivity contribution in [3.05, 3.63) is 63.6 Å². The second-order valence-corrected chi connectivity index (χ2v) is 6.55. The molecule has 2 aromatic carbocycles. The fraction of sp³-hybridized carbons (Fsp3) is 0.222. The molecule has 0 spiro atoms. The maximum atomic E-state index is 5.99. The normalized spacial score (nSPS) is 10.9. The second kappa shape index (κ2) is 7.62. The van der Waals surface area contributed by atoms with Crippen LogP contribution in [0.5, 0.6) is 0 Å². The smallest absolute Gasteiger partial charge is 0.134 e. The van der Waals surface area contributed by atoms with Crippen molar-refractivity contribution in [1.82, 2.24) is 0 Å². The third-order valence-corrected chi connectivity index (χ3v) is 3.67. The molecular weight excluding hydrogens is 329 g/mol. The van der Waals surface area contributed by atoms with Crippen LogP contribution in [-0.4, -0.2) is 14.1 Å². The average Bonchev–Trinajstić information content (AvgIpc) is 2.46. The highest BCUT2D eigenvalue weighted by atomic mass is 35.5. The van der Waals surface area contributed by atoms with Crippen LogP contribution in [-0.2, 0) is 0 Å². The molecule has 2 rings (SSSR count). The molecule has 0 aromatic heterocycles. The van der Waals surface area contributed by atoms with E-state index in [1.165, 1.54) is 0 Å². The molecule has 0 fully saturated rings. The fourth-order valence-corrected chi connectivity index (χ4v) is 2.53. The Morgan fingerprint density at radius 2 is 1.48 bits per heavy atom. The van der Waals surface area contributed by atoms with Gasteiger partial charge in [0.1, 0.15) is 10.2 Å². The first-order valence-corrected chi connectivity index (χ1v) is 7.95. The van der Waals surface area contributed by atoms with Gasteiger partial charge < -0.3 is 4.90 Å². The third kappa shape index (κ3) is 4.81. The summed E-state index contributed by atoms with van der Waals surface area (Å²) in [5.41, 5.74) is 5.42. The number of aryl methyl sites for hydroxylation is 2. The molecule has 0 bridgehead atoms. The predicted octanol–water partition coefficient (Wildman–Crippen LogP) is 6.26. The summed E-state index contributed by atoms with van der Waals surface area (Å²) in [5, 5.41) is 8.52. The summed E-state index contributed by atoms with van der Waals surface area (Å²) in [6.45, 7) is 4.05. The number of nitrogens with zero attached hydrogens (tertiary/aromatic N) is 3. The van der Waals surface area contributed by atoms with Gasteiger partial charge in [0.05, 0.1) is 5.69 Å². The van der Waals surface area contributed by atoms with Gasteiger partial charge in [0, 0.05) is 25.3 Å². The average molecular weight is 348 g/mol. The zero-order valence-corrected chi connectivity index (χ0v) is 15.2. The van der Waals surface area contributed by atoms with Crippen molar-refractivity contribution in [1.29, 1.82) is 0 Å². The van der Waals surface area contributed by atoms with E-state index in [9.17, 15) is 0 Å². The molecule has 2 aromatic rings. The van der Waals surface area contributed by atoms with E-state index in [4.69, 9.17) is 23.2 Å². The van der Waals surface area contributed by atoms with E-state index in [0.29, 0.717) is 5.70 Å². The van der Waals surface area contributed by atoms with Crippen LogP contribution in [0.3, 0.4) is 0 Å². The lowest BCUT2D eigenvalue weighted by Gasteiger charge is -2.12. The number of hydrogen-bond acceptors (Lipinski definition) is 3. The first kappa shape index (κ1) is 17.5. The Labute approximate surface area is 147 Å². The highest BCUT2D eigenvalue weighted by Gasteiger charge is 2.07. The standard InChI is InChI=1S/C18H19Cl2N3/c1-12-9-13(2)11-15(10-12)21-22-17(18(19)20)14-5-7-16(8-6-14)23(3)4/h5-11H,1-4H3. The van der Waals surface area contributed by atoms with E-state index in [0.717, 1.165) is 28.1 Å². The molecule has 0 unspecified atom stereocenters. The summed E-state index contributed by atoms with van der Waals surface area (Å²) >= 11 is 12.0. The summed E-state index contributed by atoms with van der Waals surface area (Å²) in [4.78, 5) is 2.02. The van der Waals surface area contributed by atoms with Gasteiger partial charge in [-0.05, 0) is 49.2 Å². The number of anilines is 1. The maximum Gasteiger partial charge on any atom is 0.134 e. The summed E-state index contributed by atoms with van der Waals surface area (Å²) < 4.78 is 0.0933. The monoisotopic (exact) mass is 347 g/mol. The molecule has 0 amide bonds. The van der Waals surface area contributed by atoms with Crippen LogP contribution in [0.25, 0.3) is 5.70 Å². The summed E-state index contributed by atoms with van der Waals surface area (Å²) in [6.07, 6.45) is 0. The highest BCUT2D eigenvalue weighted by molar-refractivity contribution is 6.58. The van der Waals surface area contributed by atoms with Gasteiger partial charge in [0.15, 0.2) is 0 Å². The number of azo groups is 1. The van der Waals surface area contributed by atoms with E-state index >= 15 is 0 Å². The van der Waals surface area contributed by atoms with Gasteiger partial charge in [-0.15, -0.1) is 5.11 Å². The van der Waals surface area contributed by atoms with Gasteiger partial charge in [0.2, 0.25) is 0 Å². The van der Waals surface area contributed by atoms with Crippen LogP contribution in [0.15, 0.2) is 57.2 Å². The summed E-state index contributed by atoms with van der Waals surface area (Å²) in [7, 11) is 3.97. The Kier molecular flexibility index (Phi) is 5.80. The molecule has 0 saturated carbocycles. The number of hydrogen-bond donors (Lipinski definition) is 0. The Bertz CT molecular complexity index is 723. The van der Waals surface area contributed by atoms with E-state index in [-0.39, 0.29) is 4.49 Å². The lowest BCUT2D eigenvalue weighted by molar-refractivity contribution is 1.13. The number of benzene rings is 2. The van der Waals surface area contributed by atoms with Gasteiger partial charge in [-0.1, -0.05) is 41.4 Å². The first-order chi connectivity index (χ1) is 10.9. The molecule has 3 nitrogen and oxygen atoms in total. The third-order valence-electron chi connectivity index (χ3n) is 3.31. The SMILES string of the molecule is Cc1cc(C)cc(N=NC(=C(Cl)Cl)c2ccc(N(C)C)cc2)c1. The first-order valence-electron chi connectivity index (χ1n) is 7.20. The summed E-state index contributed by atoms with van der Waals surface area (Å²) in [6, 6.07) is 13.8. The predicted molar refractivity (Wildman–Crippen MR) is 99.8 cm³/mol. The van der Waals surface area contributed by atoms with Crippen molar-refractivity contribution in [3.8, 4) is 0 Å². The van der Waals surface area contributed by atoms with Crippen LogP contribution in [0.4, 0.5) is 11.4 Å². The molecule has 0 heterocycles. The number of rotatable bonds is 4. The van der Waals surface area contributed by atoms with Gasteiger partial charge in [0.25, 0.3) is 0 Å². The molecule has 0 N–H and O–H groups in total. The van der Waals surface area contributed by atoms with Crippen molar-refractivity contribution in [2.75, 3.05) is 19.0 Å². The topological polar surface area (TPSA) is 28.0 Å². The summed E-state index contributed by atoms with van der Waals surface area (Å²) in [5.74, 6) is 0. The maximum absolute atomic E-state index is 5.99. The van der Waals surface area contributed by atoms with Gasteiger partial charge >= 0.3 is 0 Å². The molecular formula is C18H19Cl2N3. The van der Waals surface area contributed by atoms with Crippen molar-refractivity contribution in [2.24, 2.45) is 10.2 Å². The quantitative estimate of drug-likeness (QED) is 0.600. The lowest BCUT2D eigenvalue weighted by Crippen LogP contribution is -2.08. The largest absolute Gasteiger partial charge is 0.378 e. The molecule has 0 radical (unpaired) electrons. The zero-order chi connectivity index (χ0) is 17.0. The van der Waals surface area contributed by atoms with Crippen molar-refractivity contribution in [2.45, 2.75) is 13.8 Å². The van der Waals surface area contributed by atoms with Crippen LogP contribution in [0.1, 0.15) is 16.7 Å². The minimum atomic E-state index is 0.0933. The Hall–Kier alpha value is -1.84. The minimum Gasteiger partial charge on any atom is -0.378 e. The van der Waals surface area contributed by atoms with Crippen LogP contribution < -0.4 is 4.90 Å². The Morgan fingerprint density at radius 1 is 0.913 bits per heavy atom. The molecule has 120 valence electrons. The van der Waals surface area contributed by atoms with Crippen molar-refractivity contribution in [3.63, 3.8) is 0 Å². The lowest BCUT2D eigenvalue weighted by atomic mass is 10.1. The molecule has 0 aliphatic heterocycles.